The van der Waals surface area contributed by atoms with Gasteiger partial charge in [0, 0.05) is 17.8 Å². The summed E-state index contributed by atoms with van der Waals surface area (Å²) >= 11 is 0. The minimum Gasteiger partial charge on any atom is -0.508 e. The van der Waals surface area contributed by atoms with E-state index in [0.29, 0.717) is 5.69 Å². The summed E-state index contributed by atoms with van der Waals surface area (Å²) in [5.74, 6) is -1.05. The summed E-state index contributed by atoms with van der Waals surface area (Å²) in [6, 6.07) is 9.83. The van der Waals surface area contributed by atoms with Crippen LogP contribution in [0.3, 0.4) is 0 Å². The summed E-state index contributed by atoms with van der Waals surface area (Å²) in [5, 5.41) is 12.2. The molecule has 2 nitrogen and oxygen atoms in total. The number of nitrogens with one attached hydrogen (secondary N) is 1. The van der Waals surface area contributed by atoms with Gasteiger partial charge in [0.15, 0.2) is 0 Å². The van der Waals surface area contributed by atoms with E-state index in [1.807, 2.05) is 6.92 Å². The van der Waals surface area contributed by atoms with E-state index in [2.05, 4.69) is 5.32 Å². The van der Waals surface area contributed by atoms with E-state index >= 15 is 0 Å². The van der Waals surface area contributed by atoms with Crippen molar-refractivity contribution < 1.29 is 13.9 Å². The van der Waals surface area contributed by atoms with E-state index in [9.17, 15) is 13.9 Å². The molecule has 0 aliphatic heterocycles. The Morgan fingerprint density at radius 2 is 1.56 bits per heavy atom. The number of hydrogen-bond acceptors (Lipinski definition) is 2. The number of hydrogen-bond donors (Lipinski definition) is 2. The summed E-state index contributed by atoms with van der Waals surface area (Å²) in [5.41, 5.74) is 1.30. The van der Waals surface area contributed by atoms with Crippen LogP contribution in [0.2, 0.25) is 0 Å². The second-order valence-electron chi connectivity index (χ2n) is 4.12. The van der Waals surface area contributed by atoms with Gasteiger partial charge in [-0.25, -0.2) is 8.78 Å². The monoisotopic (exact) mass is 249 g/mol. The lowest BCUT2D eigenvalue weighted by Gasteiger charge is -2.16. The van der Waals surface area contributed by atoms with E-state index in [1.54, 1.807) is 24.3 Å². The number of phenols is 1. The Morgan fingerprint density at radius 1 is 1.00 bits per heavy atom. The van der Waals surface area contributed by atoms with Crippen molar-refractivity contribution in [1.82, 2.24) is 0 Å². The van der Waals surface area contributed by atoms with Crippen LogP contribution in [0.1, 0.15) is 18.5 Å². The summed E-state index contributed by atoms with van der Waals surface area (Å²) in [7, 11) is 0. The Balaban J connectivity index is 2.15. The minimum atomic E-state index is -0.615. The van der Waals surface area contributed by atoms with Crippen molar-refractivity contribution in [1.29, 1.82) is 0 Å². The number of halogens is 2. The van der Waals surface area contributed by atoms with Crippen LogP contribution < -0.4 is 5.32 Å². The van der Waals surface area contributed by atoms with E-state index < -0.39 is 11.6 Å². The van der Waals surface area contributed by atoms with Crippen LogP contribution in [0.5, 0.6) is 5.75 Å². The molecular formula is C14H13F2NO. The number of rotatable bonds is 3. The summed E-state index contributed by atoms with van der Waals surface area (Å²) in [6.07, 6.45) is 0. The van der Waals surface area contributed by atoms with Gasteiger partial charge in [0.1, 0.15) is 17.4 Å². The van der Waals surface area contributed by atoms with Gasteiger partial charge in [-0.05, 0) is 36.8 Å². The second-order valence-corrected chi connectivity index (χ2v) is 4.12. The van der Waals surface area contributed by atoms with Crippen molar-refractivity contribution >= 4 is 5.69 Å². The van der Waals surface area contributed by atoms with E-state index in [0.717, 1.165) is 11.6 Å². The van der Waals surface area contributed by atoms with Gasteiger partial charge in [0.05, 0.1) is 0 Å². The lowest BCUT2D eigenvalue weighted by molar-refractivity contribution is 0.475. The maximum atomic E-state index is 13.0. The lowest BCUT2D eigenvalue weighted by atomic mass is 10.1. The van der Waals surface area contributed by atoms with Crippen molar-refractivity contribution in [2.24, 2.45) is 0 Å². The molecule has 2 N–H and O–H groups in total. The van der Waals surface area contributed by atoms with Crippen LogP contribution in [-0.2, 0) is 0 Å². The molecule has 0 saturated carbocycles. The maximum Gasteiger partial charge on any atom is 0.128 e. The topological polar surface area (TPSA) is 32.3 Å². The molecule has 0 aliphatic rings. The highest BCUT2D eigenvalue weighted by atomic mass is 19.1. The fourth-order valence-electron chi connectivity index (χ4n) is 1.73. The van der Waals surface area contributed by atoms with Crippen molar-refractivity contribution in [3.05, 3.63) is 59.7 Å². The van der Waals surface area contributed by atoms with Crippen LogP contribution in [-0.4, -0.2) is 5.11 Å². The van der Waals surface area contributed by atoms with Gasteiger partial charge < -0.3 is 10.4 Å². The van der Waals surface area contributed by atoms with Gasteiger partial charge in [0.25, 0.3) is 0 Å². The first-order valence-corrected chi connectivity index (χ1v) is 5.56. The molecule has 0 heterocycles. The first kappa shape index (κ1) is 12.4. The van der Waals surface area contributed by atoms with Crippen LogP contribution >= 0.6 is 0 Å². The molecule has 0 bridgehead atoms. The standard InChI is InChI=1S/C14H13F2NO/c1-9(10-2-4-14(18)5-3-10)17-13-7-11(15)6-12(16)8-13/h2-9,17-18H,1H3. The molecular weight excluding hydrogens is 236 g/mol. The zero-order chi connectivity index (χ0) is 13.1. The quantitative estimate of drug-likeness (QED) is 0.866. The molecule has 0 fully saturated rings. The summed E-state index contributed by atoms with van der Waals surface area (Å²) in [4.78, 5) is 0. The second kappa shape index (κ2) is 5.04. The third kappa shape index (κ3) is 2.97. The largest absolute Gasteiger partial charge is 0.508 e. The van der Waals surface area contributed by atoms with Gasteiger partial charge in [0.2, 0.25) is 0 Å². The average molecular weight is 249 g/mol. The van der Waals surface area contributed by atoms with Crippen molar-refractivity contribution in [3.63, 3.8) is 0 Å². The van der Waals surface area contributed by atoms with Crippen molar-refractivity contribution in [2.75, 3.05) is 5.32 Å². The highest BCUT2D eigenvalue weighted by molar-refractivity contribution is 5.46. The number of aromatic hydroxyl groups is 1. The van der Waals surface area contributed by atoms with Crippen LogP contribution in [0.4, 0.5) is 14.5 Å². The molecule has 18 heavy (non-hydrogen) atoms. The zero-order valence-electron chi connectivity index (χ0n) is 9.82. The van der Waals surface area contributed by atoms with E-state index in [4.69, 9.17) is 0 Å². The van der Waals surface area contributed by atoms with Gasteiger partial charge >= 0.3 is 0 Å². The lowest BCUT2D eigenvalue weighted by Crippen LogP contribution is -2.06. The number of anilines is 1. The minimum absolute atomic E-state index is 0.119. The molecule has 2 aromatic carbocycles. The van der Waals surface area contributed by atoms with E-state index in [1.165, 1.54) is 12.1 Å². The third-order valence-electron chi connectivity index (χ3n) is 2.64. The average Bonchev–Trinajstić information content (AvgIpc) is 2.28. The highest BCUT2D eigenvalue weighted by Gasteiger charge is 2.07. The van der Waals surface area contributed by atoms with E-state index in [-0.39, 0.29) is 11.8 Å². The molecule has 94 valence electrons. The SMILES string of the molecule is CC(Nc1cc(F)cc(F)c1)c1ccc(O)cc1. The molecule has 2 aromatic rings. The molecule has 0 saturated heterocycles. The molecule has 0 amide bonds. The molecule has 0 aromatic heterocycles. The zero-order valence-corrected chi connectivity index (χ0v) is 9.82. The van der Waals surface area contributed by atoms with Crippen molar-refractivity contribution in [3.8, 4) is 5.75 Å². The summed E-state index contributed by atoms with van der Waals surface area (Å²) < 4.78 is 26.0. The predicted octanol–water partition coefficient (Wildman–Crippen LogP) is 3.84. The number of benzene rings is 2. The Hall–Kier alpha value is -2.10. The molecule has 0 radical (unpaired) electrons. The highest BCUT2D eigenvalue weighted by Crippen LogP contribution is 2.22. The van der Waals surface area contributed by atoms with Crippen LogP contribution in [0.15, 0.2) is 42.5 Å². The molecule has 2 rings (SSSR count). The first-order chi connectivity index (χ1) is 8.54. The Kier molecular flexibility index (Phi) is 3.46. The fourth-order valence-corrected chi connectivity index (χ4v) is 1.73. The number of phenolic OH excluding ortho intramolecular Hbond substituents is 1. The van der Waals surface area contributed by atoms with Crippen molar-refractivity contribution in [2.45, 2.75) is 13.0 Å². The smallest absolute Gasteiger partial charge is 0.128 e. The third-order valence-corrected chi connectivity index (χ3v) is 2.64. The normalized spacial score (nSPS) is 12.2. The molecule has 0 spiro atoms. The Labute approximate surface area is 104 Å². The van der Waals surface area contributed by atoms with Gasteiger partial charge in [-0.1, -0.05) is 12.1 Å². The maximum absolute atomic E-state index is 13.0. The predicted molar refractivity (Wildman–Crippen MR) is 66.5 cm³/mol. The van der Waals surface area contributed by atoms with Gasteiger partial charge in [-0.2, -0.15) is 0 Å². The molecule has 0 aliphatic carbocycles. The van der Waals surface area contributed by atoms with Crippen LogP contribution in [0, 0.1) is 11.6 Å². The Bertz CT molecular complexity index is 520. The fraction of sp³-hybridized carbons (Fsp3) is 0.143. The van der Waals surface area contributed by atoms with Gasteiger partial charge in [-0.3, -0.25) is 0 Å². The Morgan fingerprint density at radius 3 is 2.11 bits per heavy atom. The van der Waals surface area contributed by atoms with Gasteiger partial charge in [-0.15, -0.1) is 0 Å². The molecule has 1 unspecified atom stereocenters. The first-order valence-electron chi connectivity index (χ1n) is 5.56. The molecule has 4 heteroatoms. The summed E-state index contributed by atoms with van der Waals surface area (Å²) in [6.45, 7) is 1.87. The van der Waals surface area contributed by atoms with Crippen LogP contribution in [0.25, 0.3) is 0 Å². The molecule has 1 atom stereocenters.